The van der Waals surface area contributed by atoms with Crippen molar-refractivity contribution in [3.63, 3.8) is 0 Å². The highest BCUT2D eigenvalue weighted by Gasteiger charge is 2.25. The smallest absolute Gasteiger partial charge is 0.457 e. The van der Waals surface area contributed by atoms with E-state index in [0.29, 0.717) is 13.0 Å². The Balaban J connectivity index is 4.11. The molecule has 2 atom stereocenters. The number of unbranched alkanes of at least 4 members (excludes halogenated alkanes) is 15. The van der Waals surface area contributed by atoms with Crippen molar-refractivity contribution in [1.82, 2.24) is 0 Å². The fourth-order valence-corrected chi connectivity index (χ4v) is 5.14. The average Bonchev–Trinajstić information content (AvgIpc) is 2.97. The molecule has 248 valence electrons. The molecule has 0 saturated carbocycles. The number of ether oxygens (including phenoxy) is 2. The molecule has 0 aromatic heterocycles. The molecule has 42 heavy (non-hydrogen) atoms. The number of phosphoric acid groups is 1. The van der Waals surface area contributed by atoms with Crippen molar-refractivity contribution in [3.8, 4) is 0 Å². The summed E-state index contributed by atoms with van der Waals surface area (Å²) in [5.74, 6) is -0.347. The van der Waals surface area contributed by atoms with Crippen molar-refractivity contribution in [2.24, 2.45) is 5.73 Å². The molecular weight excluding hydrogens is 553 g/mol. The van der Waals surface area contributed by atoms with Crippen LogP contribution < -0.4 is 5.73 Å². The van der Waals surface area contributed by atoms with Gasteiger partial charge in [-0.2, -0.15) is 0 Å². The topological polar surface area (TPSA) is 117 Å². The van der Waals surface area contributed by atoms with Crippen LogP contribution >= 0.6 is 7.82 Å². The molecule has 0 aromatic rings. The van der Waals surface area contributed by atoms with Crippen LogP contribution in [0.2, 0.25) is 0 Å². The third-order valence-corrected chi connectivity index (χ3v) is 7.86. The van der Waals surface area contributed by atoms with Crippen LogP contribution in [0.1, 0.15) is 142 Å². The van der Waals surface area contributed by atoms with E-state index in [2.05, 4.69) is 38.2 Å². The lowest BCUT2D eigenvalue weighted by atomic mass is 10.1. The number of esters is 1. The first-order chi connectivity index (χ1) is 20.4. The first-order valence-electron chi connectivity index (χ1n) is 16.8. The zero-order chi connectivity index (χ0) is 31.0. The van der Waals surface area contributed by atoms with Gasteiger partial charge in [-0.15, -0.1) is 0 Å². The summed E-state index contributed by atoms with van der Waals surface area (Å²) in [4.78, 5) is 22.2. The molecule has 0 radical (unpaired) electrons. The molecule has 9 heteroatoms. The van der Waals surface area contributed by atoms with E-state index in [4.69, 9.17) is 24.3 Å². The van der Waals surface area contributed by atoms with Crippen molar-refractivity contribution >= 4 is 13.8 Å². The lowest BCUT2D eigenvalue weighted by Gasteiger charge is -2.20. The molecule has 0 amide bonds. The Hall–Kier alpha value is -1.02. The Morgan fingerprint density at radius 2 is 1.26 bits per heavy atom. The second-order valence-electron chi connectivity index (χ2n) is 11.0. The monoisotopic (exact) mass is 617 g/mol. The molecule has 0 heterocycles. The third-order valence-electron chi connectivity index (χ3n) is 6.87. The van der Waals surface area contributed by atoms with Gasteiger partial charge in [-0.05, 0) is 44.9 Å². The van der Waals surface area contributed by atoms with Crippen LogP contribution in [0.4, 0.5) is 0 Å². The molecular formula is C33H64NO7P. The molecule has 0 aromatic carbocycles. The standard InChI is InChI=1S/C33H64NO7P/c1-3-5-7-9-11-12-13-14-15-16-17-18-19-20-22-24-26-33(35)41-32(31-40-42(36,37)39-29-27-34)30-38-28-25-23-21-10-8-6-4-2/h12-13,15-16,32H,3-11,14,17-31,34H2,1-2H3,(H,36,37)/b13-12-,16-15-. The lowest BCUT2D eigenvalue weighted by Crippen LogP contribution is -2.28. The molecule has 8 nitrogen and oxygen atoms in total. The highest BCUT2D eigenvalue weighted by Crippen LogP contribution is 2.43. The lowest BCUT2D eigenvalue weighted by molar-refractivity contribution is -0.154. The normalized spacial score (nSPS) is 14.1. The summed E-state index contributed by atoms with van der Waals surface area (Å²) in [6.45, 7) is 4.83. The maximum absolute atomic E-state index is 12.4. The van der Waals surface area contributed by atoms with Crippen LogP contribution in [0.3, 0.4) is 0 Å². The van der Waals surface area contributed by atoms with Gasteiger partial charge in [0, 0.05) is 19.6 Å². The average molecular weight is 618 g/mol. The van der Waals surface area contributed by atoms with Crippen LogP contribution in [0.15, 0.2) is 24.3 Å². The van der Waals surface area contributed by atoms with Gasteiger partial charge in [0.15, 0.2) is 0 Å². The maximum Gasteiger partial charge on any atom is 0.472 e. The summed E-state index contributed by atoms with van der Waals surface area (Å²) in [5.41, 5.74) is 5.32. The van der Waals surface area contributed by atoms with E-state index in [9.17, 15) is 14.3 Å². The van der Waals surface area contributed by atoms with E-state index in [1.807, 2.05) is 0 Å². The van der Waals surface area contributed by atoms with Gasteiger partial charge in [-0.1, -0.05) is 115 Å². The zero-order valence-electron chi connectivity index (χ0n) is 27.0. The number of phosphoric ester groups is 1. The predicted molar refractivity (Wildman–Crippen MR) is 173 cm³/mol. The minimum Gasteiger partial charge on any atom is -0.457 e. The van der Waals surface area contributed by atoms with E-state index in [1.54, 1.807) is 0 Å². The molecule has 0 fully saturated rings. The number of nitrogens with two attached hydrogens (primary N) is 1. The highest BCUT2D eigenvalue weighted by molar-refractivity contribution is 7.47. The minimum absolute atomic E-state index is 0.0973. The van der Waals surface area contributed by atoms with Crippen molar-refractivity contribution in [1.29, 1.82) is 0 Å². The fourth-order valence-electron chi connectivity index (χ4n) is 4.38. The van der Waals surface area contributed by atoms with Gasteiger partial charge in [-0.25, -0.2) is 4.57 Å². The molecule has 0 bridgehead atoms. The van der Waals surface area contributed by atoms with E-state index in [0.717, 1.165) is 57.8 Å². The van der Waals surface area contributed by atoms with Crippen LogP contribution in [-0.2, 0) is 27.9 Å². The molecule has 0 rings (SSSR count). The van der Waals surface area contributed by atoms with Crippen molar-refractivity contribution in [2.45, 2.75) is 148 Å². The quantitative estimate of drug-likeness (QED) is 0.0332. The molecule has 0 spiro atoms. The molecule has 3 N–H and O–H groups in total. The minimum atomic E-state index is -4.26. The molecule has 2 unspecified atom stereocenters. The van der Waals surface area contributed by atoms with Gasteiger partial charge < -0.3 is 20.1 Å². The summed E-state index contributed by atoms with van der Waals surface area (Å²) in [6.07, 6.45) is 30.5. The third kappa shape index (κ3) is 30.4. The number of carbonyl (C=O) groups is 1. The van der Waals surface area contributed by atoms with Crippen molar-refractivity contribution < 1.29 is 32.8 Å². The van der Waals surface area contributed by atoms with E-state index < -0.39 is 13.9 Å². The van der Waals surface area contributed by atoms with Crippen molar-refractivity contribution in [3.05, 3.63) is 24.3 Å². The molecule has 0 saturated heterocycles. The summed E-state index contributed by atoms with van der Waals surface area (Å²) in [6, 6.07) is 0. The van der Waals surface area contributed by atoms with Gasteiger partial charge in [0.05, 0.1) is 19.8 Å². The van der Waals surface area contributed by atoms with E-state index in [-0.39, 0.29) is 32.3 Å². The van der Waals surface area contributed by atoms with Crippen LogP contribution in [-0.4, -0.2) is 49.9 Å². The van der Waals surface area contributed by atoms with Gasteiger partial charge in [0.25, 0.3) is 0 Å². The Bertz CT molecular complexity index is 702. The summed E-state index contributed by atoms with van der Waals surface area (Å²) in [5, 5.41) is 0. The van der Waals surface area contributed by atoms with E-state index in [1.165, 1.54) is 64.2 Å². The SMILES string of the molecule is CCCCCC/C=C\C/C=C\CCCCCCCC(=O)OC(COCCCCCCCCC)COP(=O)(O)OCCN. The summed E-state index contributed by atoms with van der Waals surface area (Å²) >= 11 is 0. The van der Waals surface area contributed by atoms with Crippen molar-refractivity contribution in [2.75, 3.05) is 33.0 Å². The van der Waals surface area contributed by atoms with Crippen LogP contribution in [0.25, 0.3) is 0 Å². The van der Waals surface area contributed by atoms with Gasteiger partial charge >= 0.3 is 13.8 Å². The second-order valence-corrected chi connectivity index (χ2v) is 12.5. The molecule has 0 aliphatic rings. The number of rotatable bonds is 32. The number of allylic oxidation sites excluding steroid dienone is 4. The number of hydrogen-bond acceptors (Lipinski definition) is 7. The Kier molecular flexibility index (Phi) is 30.6. The first kappa shape index (κ1) is 41.0. The largest absolute Gasteiger partial charge is 0.472 e. The summed E-state index contributed by atoms with van der Waals surface area (Å²) in [7, 11) is -4.26. The number of hydrogen-bond donors (Lipinski definition) is 2. The molecule has 0 aliphatic heterocycles. The Labute approximate surface area is 257 Å². The van der Waals surface area contributed by atoms with Gasteiger partial charge in [0.1, 0.15) is 6.10 Å². The maximum atomic E-state index is 12.4. The zero-order valence-corrected chi connectivity index (χ0v) is 27.9. The Morgan fingerprint density at radius 1 is 0.714 bits per heavy atom. The van der Waals surface area contributed by atoms with Gasteiger partial charge in [0.2, 0.25) is 0 Å². The van der Waals surface area contributed by atoms with Gasteiger partial charge in [-0.3, -0.25) is 13.8 Å². The summed E-state index contributed by atoms with van der Waals surface area (Å²) < 4.78 is 33.0. The molecule has 0 aliphatic carbocycles. The highest BCUT2D eigenvalue weighted by atomic mass is 31.2. The van der Waals surface area contributed by atoms with E-state index >= 15 is 0 Å². The predicted octanol–water partition coefficient (Wildman–Crippen LogP) is 8.96. The van der Waals surface area contributed by atoms with Crippen LogP contribution in [0, 0.1) is 0 Å². The number of carbonyl (C=O) groups excluding carboxylic acids is 1. The first-order valence-corrected chi connectivity index (χ1v) is 18.3. The second kappa shape index (κ2) is 31.4. The fraction of sp³-hybridized carbons (Fsp3) is 0.848. The van der Waals surface area contributed by atoms with Crippen LogP contribution in [0.5, 0.6) is 0 Å². The Morgan fingerprint density at radius 3 is 1.88 bits per heavy atom.